The van der Waals surface area contributed by atoms with E-state index in [0.29, 0.717) is 34.7 Å². The lowest BCUT2D eigenvalue weighted by molar-refractivity contribution is 0.284. The van der Waals surface area contributed by atoms with Gasteiger partial charge in [-0.3, -0.25) is 0 Å². The Hall–Kier alpha value is -2.71. The molecular formula is C16H16Cl2N6O2. The number of nitrogens with zero attached hydrogens (tertiary/aromatic N) is 4. The molecule has 0 fully saturated rings. The molecule has 8 nitrogen and oxygen atoms in total. The second-order valence-electron chi connectivity index (χ2n) is 5.30. The number of nitrogens with two attached hydrogens (primary N) is 1. The van der Waals surface area contributed by atoms with Crippen molar-refractivity contribution >= 4 is 29.2 Å². The lowest BCUT2D eigenvalue weighted by atomic mass is 10.2. The van der Waals surface area contributed by atoms with Gasteiger partial charge in [0.15, 0.2) is 11.5 Å². The minimum atomic E-state index is 0.148. The molecule has 2 aromatic carbocycles. The van der Waals surface area contributed by atoms with Crippen LogP contribution in [-0.2, 0) is 13.2 Å². The van der Waals surface area contributed by atoms with E-state index in [4.69, 9.17) is 38.4 Å². The van der Waals surface area contributed by atoms with Crippen molar-refractivity contribution in [1.29, 1.82) is 0 Å². The summed E-state index contributed by atoms with van der Waals surface area (Å²) in [4.78, 5) is 1.26. The van der Waals surface area contributed by atoms with E-state index in [2.05, 4.69) is 21.0 Å². The molecule has 0 spiro atoms. The molecule has 3 rings (SSSR count). The summed E-state index contributed by atoms with van der Waals surface area (Å²) in [6.45, 7) is 0.686. The van der Waals surface area contributed by atoms with Crippen LogP contribution < -0.4 is 20.6 Å². The minimum Gasteiger partial charge on any atom is -0.493 e. The van der Waals surface area contributed by atoms with Gasteiger partial charge in [-0.15, -0.1) is 4.79 Å². The molecule has 3 N–H and O–H groups in total. The van der Waals surface area contributed by atoms with Gasteiger partial charge in [0, 0.05) is 16.1 Å². The predicted molar refractivity (Wildman–Crippen MR) is 99.1 cm³/mol. The second kappa shape index (κ2) is 8.11. The molecule has 0 amide bonds. The van der Waals surface area contributed by atoms with E-state index in [1.165, 1.54) is 4.79 Å². The molecule has 1 aromatic heterocycles. The number of nitrogens with one attached hydrogen (secondary N) is 1. The Morgan fingerprint density at radius 2 is 2.04 bits per heavy atom. The van der Waals surface area contributed by atoms with Gasteiger partial charge in [-0.1, -0.05) is 40.4 Å². The molecule has 0 aliphatic rings. The molecule has 0 aliphatic carbocycles. The standard InChI is InChI=1S/C16H16Cl2N6O2/c1-25-14-6-11(8-20-24-16(19)21-22-23-24)13(18)7-15(14)26-9-10-3-2-4-12(17)5-10/h2-7,20H,8-9H2,1H3,(H2,19,21,23). The lowest BCUT2D eigenvalue weighted by Gasteiger charge is -2.14. The van der Waals surface area contributed by atoms with E-state index in [1.807, 2.05) is 24.3 Å². The molecule has 136 valence electrons. The van der Waals surface area contributed by atoms with Crippen LogP contribution in [0.1, 0.15) is 11.1 Å². The SMILES string of the molecule is COc1cc(CNn2nnnc2N)c(Cl)cc1OCc1cccc(Cl)c1. The van der Waals surface area contributed by atoms with Gasteiger partial charge in [-0.25, -0.2) is 0 Å². The molecule has 0 saturated carbocycles. The van der Waals surface area contributed by atoms with E-state index in [-0.39, 0.29) is 5.95 Å². The van der Waals surface area contributed by atoms with Crippen LogP contribution in [0.5, 0.6) is 11.5 Å². The normalized spacial score (nSPS) is 10.6. The third-order valence-corrected chi connectivity index (χ3v) is 4.12. The highest BCUT2D eigenvalue weighted by molar-refractivity contribution is 6.31. The number of halogens is 2. The van der Waals surface area contributed by atoms with Crippen LogP contribution in [0.25, 0.3) is 0 Å². The molecular weight excluding hydrogens is 379 g/mol. The summed E-state index contributed by atoms with van der Waals surface area (Å²) in [6, 6.07) is 10.9. The second-order valence-corrected chi connectivity index (χ2v) is 6.14. The van der Waals surface area contributed by atoms with E-state index >= 15 is 0 Å². The highest BCUT2D eigenvalue weighted by Crippen LogP contribution is 2.34. The van der Waals surface area contributed by atoms with Crippen LogP contribution in [0.2, 0.25) is 10.0 Å². The Morgan fingerprint density at radius 1 is 1.19 bits per heavy atom. The number of rotatable bonds is 7. The summed E-state index contributed by atoms with van der Waals surface area (Å²) >= 11 is 12.3. The largest absolute Gasteiger partial charge is 0.493 e. The third kappa shape index (κ3) is 4.27. The minimum absolute atomic E-state index is 0.148. The molecule has 0 aliphatic heterocycles. The van der Waals surface area contributed by atoms with Crippen LogP contribution >= 0.6 is 23.2 Å². The van der Waals surface area contributed by atoms with Gasteiger partial charge >= 0.3 is 0 Å². The fraction of sp³-hybridized carbons (Fsp3) is 0.188. The average molecular weight is 395 g/mol. The van der Waals surface area contributed by atoms with Gasteiger partial charge in [-0.05, 0) is 39.8 Å². The number of tetrazole rings is 1. The van der Waals surface area contributed by atoms with E-state index in [9.17, 15) is 0 Å². The number of methoxy groups -OCH3 is 1. The van der Waals surface area contributed by atoms with Crippen molar-refractivity contribution in [3.63, 3.8) is 0 Å². The van der Waals surface area contributed by atoms with E-state index in [0.717, 1.165) is 11.1 Å². The molecule has 0 unspecified atom stereocenters. The van der Waals surface area contributed by atoms with Crippen LogP contribution in [0.4, 0.5) is 5.95 Å². The number of ether oxygens (including phenoxy) is 2. The first-order valence-corrected chi connectivity index (χ1v) is 8.34. The van der Waals surface area contributed by atoms with Crippen molar-refractivity contribution in [3.05, 3.63) is 57.6 Å². The molecule has 0 atom stereocenters. The van der Waals surface area contributed by atoms with E-state index < -0.39 is 0 Å². The molecule has 10 heteroatoms. The number of benzene rings is 2. The number of nitrogen functional groups attached to an aromatic ring is 1. The van der Waals surface area contributed by atoms with Gasteiger partial charge in [0.25, 0.3) is 5.95 Å². The lowest BCUT2D eigenvalue weighted by Crippen LogP contribution is -2.18. The number of hydrogen-bond donors (Lipinski definition) is 2. The first kappa shape index (κ1) is 18.1. The van der Waals surface area contributed by atoms with Gasteiger partial charge in [0.05, 0.1) is 13.7 Å². The van der Waals surface area contributed by atoms with E-state index in [1.54, 1.807) is 19.2 Å². The first-order chi connectivity index (χ1) is 12.6. The Labute approximate surface area is 159 Å². The van der Waals surface area contributed by atoms with Gasteiger partial charge in [0.1, 0.15) is 6.61 Å². The van der Waals surface area contributed by atoms with Gasteiger partial charge in [-0.2, -0.15) is 0 Å². The van der Waals surface area contributed by atoms with Crippen LogP contribution in [0.15, 0.2) is 36.4 Å². The van der Waals surface area contributed by atoms with Gasteiger partial charge in [0.2, 0.25) is 0 Å². The molecule has 3 aromatic rings. The van der Waals surface area contributed by atoms with Crippen molar-refractivity contribution in [2.45, 2.75) is 13.2 Å². The molecule has 0 radical (unpaired) electrons. The van der Waals surface area contributed by atoms with Crippen LogP contribution in [-0.4, -0.2) is 27.4 Å². The first-order valence-electron chi connectivity index (χ1n) is 7.58. The monoisotopic (exact) mass is 394 g/mol. The Bertz CT molecular complexity index is 902. The summed E-state index contributed by atoms with van der Waals surface area (Å²) in [5.74, 6) is 1.23. The molecule has 26 heavy (non-hydrogen) atoms. The van der Waals surface area contributed by atoms with Crippen molar-refractivity contribution in [2.75, 3.05) is 18.3 Å². The summed E-state index contributed by atoms with van der Waals surface area (Å²) in [5.41, 5.74) is 10.3. The average Bonchev–Trinajstić information content (AvgIpc) is 3.04. The summed E-state index contributed by atoms with van der Waals surface area (Å²) in [6.07, 6.45) is 0. The predicted octanol–water partition coefficient (Wildman–Crippen LogP) is 2.89. The zero-order valence-corrected chi connectivity index (χ0v) is 15.3. The summed E-state index contributed by atoms with van der Waals surface area (Å²) in [5, 5.41) is 11.9. The highest BCUT2D eigenvalue weighted by Gasteiger charge is 2.12. The number of anilines is 1. The molecule has 1 heterocycles. The quantitative estimate of drug-likeness (QED) is 0.635. The highest BCUT2D eigenvalue weighted by atomic mass is 35.5. The summed E-state index contributed by atoms with van der Waals surface area (Å²) in [7, 11) is 1.56. The Kier molecular flexibility index (Phi) is 5.65. The fourth-order valence-electron chi connectivity index (χ4n) is 2.24. The van der Waals surface area contributed by atoms with Crippen molar-refractivity contribution in [3.8, 4) is 11.5 Å². The zero-order chi connectivity index (χ0) is 18.5. The van der Waals surface area contributed by atoms with Crippen molar-refractivity contribution in [1.82, 2.24) is 20.3 Å². The van der Waals surface area contributed by atoms with Crippen molar-refractivity contribution in [2.24, 2.45) is 0 Å². The Balaban J connectivity index is 1.73. The van der Waals surface area contributed by atoms with Crippen molar-refractivity contribution < 1.29 is 9.47 Å². The van der Waals surface area contributed by atoms with Gasteiger partial charge < -0.3 is 20.6 Å². The maximum absolute atomic E-state index is 6.36. The topological polar surface area (TPSA) is 100 Å². The smallest absolute Gasteiger partial charge is 0.260 e. The zero-order valence-electron chi connectivity index (χ0n) is 13.8. The summed E-state index contributed by atoms with van der Waals surface area (Å²) < 4.78 is 11.2. The maximum atomic E-state index is 6.36. The molecule has 0 bridgehead atoms. The van der Waals surface area contributed by atoms with Crippen LogP contribution in [0, 0.1) is 0 Å². The number of aromatic nitrogens is 4. The third-order valence-electron chi connectivity index (χ3n) is 3.53. The fourth-order valence-corrected chi connectivity index (χ4v) is 2.67. The number of hydrogen-bond acceptors (Lipinski definition) is 7. The maximum Gasteiger partial charge on any atom is 0.260 e. The van der Waals surface area contributed by atoms with Crippen LogP contribution in [0.3, 0.4) is 0 Å². The molecule has 0 saturated heterocycles. The Morgan fingerprint density at radius 3 is 2.73 bits per heavy atom.